The van der Waals surface area contributed by atoms with E-state index in [9.17, 15) is 0 Å². The van der Waals surface area contributed by atoms with Gasteiger partial charge in [-0.05, 0) is 31.8 Å². The lowest BCUT2D eigenvalue weighted by molar-refractivity contribution is 0.232. The molecule has 3 unspecified atom stereocenters. The standard InChI is InChI=1S/C11H22N2/c1-9-6-13(7-10(9)2)11-4-5-12(3)8-11/h9-11H,4-8H2,1-3H3. The molecule has 0 saturated carbocycles. The SMILES string of the molecule is CC1CN(C2CCN(C)C2)CC1C. The Hall–Kier alpha value is -0.0800. The quantitative estimate of drug-likeness (QED) is 0.603. The normalized spacial score (nSPS) is 43.2. The first kappa shape index (κ1) is 9.47. The fourth-order valence-corrected chi connectivity index (χ4v) is 2.68. The van der Waals surface area contributed by atoms with Gasteiger partial charge in [0.25, 0.3) is 0 Å². The van der Waals surface area contributed by atoms with Gasteiger partial charge in [-0.3, -0.25) is 4.90 Å². The van der Waals surface area contributed by atoms with Crippen molar-refractivity contribution in [3.63, 3.8) is 0 Å². The van der Waals surface area contributed by atoms with Crippen molar-refractivity contribution in [2.24, 2.45) is 11.8 Å². The van der Waals surface area contributed by atoms with Gasteiger partial charge >= 0.3 is 0 Å². The Kier molecular flexibility index (Phi) is 2.61. The highest BCUT2D eigenvalue weighted by Crippen LogP contribution is 2.26. The zero-order valence-corrected chi connectivity index (χ0v) is 9.16. The molecule has 0 aromatic carbocycles. The molecule has 2 saturated heterocycles. The van der Waals surface area contributed by atoms with Crippen LogP contribution in [0.5, 0.6) is 0 Å². The summed E-state index contributed by atoms with van der Waals surface area (Å²) in [6, 6.07) is 0.859. The van der Waals surface area contributed by atoms with Crippen molar-refractivity contribution in [3.05, 3.63) is 0 Å². The minimum absolute atomic E-state index is 0.859. The lowest BCUT2D eigenvalue weighted by atomic mass is 10.0. The maximum atomic E-state index is 2.71. The lowest BCUT2D eigenvalue weighted by Crippen LogP contribution is -2.35. The highest BCUT2D eigenvalue weighted by molar-refractivity contribution is 4.88. The number of likely N-dealkylation sites (tertiary alicyclic amines) is 2. The van der Waals surface area contributed by atoms with Gasteiger partial charge in [0.1, 0.15) is 0 Å². The summed E-state index contributed by atoms with van der Waals surface area (Å²) in [7, 11) is 2.24. The van der Waals surface area contributed by atoms with E-state index in [-0.39, 0.29) is 0 Å². The summed E-state index contributed by atoms with van der Waals surface area (Å²) >= 11 is 0. The zero-order chi connectivity index (χ0) is 9.42. The van der Waals surface area contributed by atoms with Crippen LogP contribution >= 0.6 is 0 Å². The van der Waals surface area contributed by atoms with E-state index >= 15 is 0 Å². The van der Waals surface area contributed by atoms with Gasteiger partial charge in [-0.25, -0.2) is 0 Å². The molecule has 13 heavy (non-hydrogen) atoms. The third-order valence-electron chi connectivity index (χ3n) is 3.90. The molecule has 2 rings (SSSR count). The molecule has 0 radical (unpaired) electrons. The highest BCUT2D eigenvalue weighted by Gasteiger charge is 2.33. The second-order valence-electron chi connectivity index (χ2n) is 5.11. The molecule has 2 heteroatoms. The van der Waals surface area contributed by atoms with Gasteiger partial charge in [0.2, 0.25) is 0 Å². The molecule has 0 N–H and O–H groups in total. The van der Waals surface area contributed by atoms with Crippen LogP contribution in [0.1, 0.15) is 20.3 Å². The first-order valence-corrected chi connectivity index (χ1v) is 5.59. The lowest BCUT2D eigenvalue weighted by Gasteiger charge is -2.23. The van der Waals surface area contributed by atoms with Crippen LogP contribution in [-0.4, -0.2) is 49.1 Å². The smallest absolute Gasteiger partial charge is 0.0235 e. The number of hydrogen-bond donors (Lipinski definition) is 0. The third kappa shape index (κ3) is 1.89. The van der Waals surface area contributed by atoms with Gasteiger partial charge in [-0.15, -0.1) is 0 Å². The molecule has 76 valence electrons. The average Bonchev–Trinajstić information content (AvgIpc) is 2.61. The number of nitrogens with zero attached hydrogens (tertiary/aromatic N) is 2. The van der Waals surface area contributed by atoms with Crippen molar-refractivity contribution >= 4 is 0 Å². The topological polar surface area (TPSA) is 6.48 Å². The highest BCUT2D eigenvalue weighted by atomic mass is 15.3. The molecule has 2 aliphatic rings. The molecular formula is C11H22N2. The fraction of sp³-hybridized carbons (Fsp3) is 1.00. The van der Waals surface area contributed by atoms with Crippen LogP contribution in [0, 0.1) is 11.8 Å². The molecule has 2 aliphatic heterocycles. The first-order chi connectivity index (χ1) is 6.16. The maximum Gasteiger partial charge on any atom is 0.0235 e. The van der Waals surface area contributed by atoms with Crippen molar-refractivity contribution in [1.29, 1.82) is 0 Å². The summed E-state index contributed by atoms with van der Waals surface area (Å²) in [6.45, 7) is 10.0. The Morgan fingerprint density at radius 3 is 2.08 bits per heavy atom. The van der Waals surface area contributed by atoms with E-state index in [1.54, 1.807) is 0 Å². The Morgan fingerprint density at radius 2 is 1.62 bits per heavy atom. The largest absolute Gasteiger partial charge is 0.305 e. The van der Waals surface area contributed by atoms with Crippen molar-refractivity contribution < 1.29 is 0 Å². The van der Waals surface area contributed by atoms with Gasteiger partial charge in [0, 0.05) is 25.7 Å². The van der Waals surface area contributed by atoms with Crippen molar-refractivity contribution in [2.75, 3.05) is 33.2 Å². The monoisotopic (exact) mass is 182 g/mol. The minimum atomic E-state index is 0.859. The van der Waals surface area contributed by atoms with Crippen molar-refractivity contribution in [3.8, 4) is 0 Å². The second-order valence-corrected chi connectivity index (χ2v) is 5.11. The Balaban J connectivity index is 1.89. The predicted molar refractivity (Wildman–Crippen MR) is 55.8 cm³/mol. The maximum absolute atomic E-state index is 2.71. The summed E-state index contributed by atoms with van der Waals surface area (Å²) in [5, 5.41) is 0. The van der Waals surface area contributed by atoms with Gasteiger partial charge in [0.15, 0.2) is 0 Å². The molecule has 2 fully saturated rings. The molecule has 0 spiro atoms. The summed E-state index contributed by atoms with van der Waals surface area (Å²) in [6.07, 6.45) is 1.38. The van der Waals surface area contributed by atoms with Crippen LogP contribution in [0.2, 0.25) is 0 Å². The average molecular weight is 182 g/mol. The van der Waals surface area contributed by atoms with Gasteiger partial charge in [0.05, 0.1) is 0 Å². The van der Waals surface area contributed by atoms with E-state index in [1.165, 1.54) is 32.6 Å². The molecule has 3 atom stereocenters. The first-order valence-electron chi connectivity index (χ1n) is 5.59. The van der Waals surface area contributed by atoms with Crippen LogP contribution in [0.4, 0.5) is 0 Å². The summed E-state index contributed by atoms with van der Waals surface area (Å²) in [5.74, 6) is 1.82. The number of hydrogen-bond acceptors (Lipinski definition) is 2. The number of rotatable bonds is 1. The minimum Gasteiger partial charge on any atom is -0.305 e. The summed E-state index contributed by atoms with van der Waals surface area (Å²) < 4.78 is 0. The molecular weight excluding hydrogens is 160 g/mol. The van der Waals surface area contributed by atoms with E-state index in [0.717, 1.165) is 17.9 Å². The van der Waals surface area contributed by atoms with Crippen LogP contribution in [0.15, 0.2) is 0 Å². The van der Waals surface area contributed by atoms with Crippen LogP contribution < -0.4 is 0 Å². The zero-order valence-electron chi connectivity index (χ0n) is 9.16. The summed E-state index contributed by atoms with van der Waals surface area (Å²) in [4.78, 5) is 5.16. The van der Waals surface area contributed by atoms with E-state index in [1.807, 2.05) is 0 Å². The van der Waals surface area contributed by atoms with E-state index in [2.05, 4.69) is 30.7 Å². The molecule has 0 aromatic heterocycles. The van der Waals surface area contributed by atoms with E-state index in [0.29, 0.717) is 0 Å². The molecule has 2 heterocycles. The fourth-order valence-electron chi connectivity index (χ4n) is 2.68. The Morgan fingerprint density at radius 1 is 1.00 bits per heavy atom. The Labute approximate surface area is 81.9 Å². The molecule has 2 nitrogen and oxygen atoms in total. The molecule has 0 amide bonds. The van der Waals surface area contributed by atoms with E-state index in [4.69, 9.17) is 0 Å². The van der Waals surface area contributed by atoms with Crippen LogP contribution in [0.25, 0.3) is 0 Å². The molecule has 0 aliphatic carbocycles. The van der Waals surface area contributed by atoms with E-state index < -0.39 is 0 Å². The third-order valence-corrected chi connectivity index (χ3v) is 3.90. The number of likely N-dealkylation sites (N-methyl/N-ethyl adjacent to an activating group) is 1. The Bertz CT molecular complexity index is 171. The predicted octanol–water partition coefficient (Wildman–Crippen LogP) is 1.28. The van der Waals surface area contributed by atoms with Crippen molar-refractivity contribution in [2.45, 2.75) is 26.3 Å². The molecule has 0 aromatic rings. The van der Waals surface area contributed by atoms with Crippen LogP contribution in [-0.2, 0) is 0 Å². The molecule has 0 bridgehead atoms. The second kappa shape index (κ2) is 3.58. The van der Waals surface area contributed by atoms with Gasteiger partial charge < -0.3 is 4.90 Å². The van der Waals surface area contributed by atoms with Crippen LogP contribution in [0.3, 0.4) is 0 Å². The van der Waals surface area contributed by atoms with Gasteiger partial charge in [-0.2, -0.15) is 0 Å². The van der Waals surface area contributed by atoms with Gasteiger partial charge in [-0.1, -0.05) is 13.8 Å². The summed E-state index contributed by atoms with van der Waals surface area (Å²) in [5.41, 5.74) is 0. The van der Waals surface area contributed by atoms with Crippen molar-refractivity contribution in [1.82, 2.24) is 9.80 Å².